The van der Waals surface area contributed by atoms with E-state index in [1.807, 2.05) is 17.0 Å². The van der Waals surface area contributed by atoms with Crippen molar-refractivity contribution in [3.63, 3.8) is 0 Å². The Balaban J connectivity index is 1.43. The zero-order valence-electron chi connectivity index (χ0n) is 19.4. The molecule has 32 heavy (non-hydrogen) atoms. The van der Waals surface area contributed by atoms with Crippen LogP contribution in [0.15, 0.2) is 48.6 Å². The fourth-order valence-corrected chi connectivity index (χ4v) is 4.83. The Labute approximate surface area is 191 Å². The Morgan fingerprint density at radius 1 is 0.812 bits per heavy atom. The van der Waals surface area contributed by atoms with Crippen molar-refractivity contribution in [2.24, 2.45) is 0 Å². The molecule has 0 spiro atoms. The van der Waals surface area contributed by atoms with Crippen molar-refractivity contribution in [1.82, 2.24) is 4.90 Å². The van der Waals surface area contributed by atoms with Crippen LogP contribution in [-0.4, -0.2) is 38.1 Å². The molecule has 0 atom stereocenters. The molecular formula is C28H33NO3. The van der Waals surface area contributed by atoms with Crippen molar-refractivity contribution < 1.29 is 14.3 Å². The highest BCUT2D eigenvalue weighted by Gasteiger charge is 2.18. The van der Waals surface area contributed by atoms with Gasteiger partial charge in [-0.25, -0.2) is 0 Å². The zero-order chi connectivity index (χ0) is 22.5. The van der Waals surface area contributed by atoms with E-state index < -0.39 is 0 Å². The lowest BCUT2D eigenvalue weighted by atomic mass is 9.88. The minimum Gasteiger partial charge on any atom is -0.497 e. The van der Waals surface area contributed by atoms with Gasteiger partial charge in [-0.05, 0) is 96.2 Å². The molecule has 4 nitrogen and oxygen atoms in total. The van der Waals surface area contributed by atoms with E-state index in [0.717, 1.165) is 63.1 Å². The van der Waals surface area contributed by atoms with E-state index in [-0.39, 0.29) is 5.91 Å². The summed E-state index contributed by atoms with van der Waals surface area (Å²) >= 11 is 0. The highest BCUT2D eigenvalue weighted by molar-refractivity contribution is 5.76. The van der Waals surface area contributed by atoms with E-state index in [9.17, 15) is 4.79 Å². The van der Waals surface area contributed by atoms with Crippen molar-refractivity contribution >= 4 is 17.1 Å². The van der Waals surface area contributed by atoms with Gasteiger partial charge in [0.05, 0.1) is 14.2 Å². The molecular weight excluding hydrogens is 398 g/mol. The van der Waals surface area contributed by atoms with Crippen LogP contribution in [0.3, 0.4) is 0 Å². The fourth-order valence-electron chi connectivity index (χ4n) is 4.83. The molecule has 0 N–H and O–H groups in total. The van der Waals surface area contributed by atoms with Gasteiger partial charge in [-0.1, -0.05) is 24.3 Å². The third-order valence-corrected chi connectivity index (χ3v) is 6.68. The molecule has 0 bridgehead atoms. The number of amides is 1. The van der Waals surface area contributed by atoms with Crippen molar-refractivity contribution in [3.05, 3.63) is 70.8 Å². The first-order chi connectivity index (χ1) is 15.6. The van der Waals surface area contributed by atoms with E-state index in [1.54, 1.807) is 21.1 Å². The maximum absolute atomic E-state index is 12.4. The van der Waals surface area contributed by atoms with Gasteiger partial charge in [0, 0.05) is 20.0 Å². The molecule has 0 heterocycles. The lowest BCUT2D eigenvalue weighted by Crippen LogP contribution is -2.31. The monoisotopic (exact) mass is 431 g/mol. The number of hydrogen-bond donors (Lipinski definition) is 0. The van der Waals surface area contributed by atoms with E-state index in [4.69, 9.17) is 9.47 Å². The maximum atomic E-state index is 12.4. The predicted octanol–water partition coefficient (Wildman–Crippen LogP) is 5.69. The number of methoxy groups -OCH3 is 2. The van der Waals surface area contributed by atoms with E-state index in [0.29, 0.717) is 0 Å². The smallest absolute Gasteiger partial charge is 0.219 e. The minimum absolute atomic E-state index is 0.134. The number of rotatable bonds is 8. The summed E-state index contributed by atoms with van der Waals surface area (Å²) in [6.07, 6.45) is 10.6. The highest BCUT2D eigenvalue weighted by atomic mass is 16.5. The Hall–Kier alpha value is -3.01. The van der Waals surface area contributed by atoms with Gasteiger partial charge >= 0.3 is 0 Å². The molecule has 2 aromatic rings. The van der Waals surface area contributed by atoms with Crippen molar-refractivity contribution in [1.29, 1.82) is 0 Å². The molecule has 0 fully saturated rings. The minimum atomic E-state index is 0.134. The lowest BCUT2D eigenvalue weighted by Gasteiger charge is -2.26. The van der Waals surface area contributed by atoms with Gasteiger partial charge in [-0.15, -0.1) is 0 Å². The second kappa shape index (κ2) is 10.1. The average Bonchev–Trinajstić information content (AvgIpc) is 2.83. The van der Waals surface area contributed by atoms with Gasteiger partial charge in [0.2, 0.25) is 5.91 Å². The van der Waals surface area contributed by atoms with Gasteiger partial charge in [-0.3, -0.25) is 4.79 Å². The second-order valence-corrected chi connectivity index (χ2v) is 8.59. The summed E-state index contributed by atoms with van der Waals surface area (Å²) < 4.78 is 10.9. The molecule has 2 aliphatic rings. The van der Waals surface area contributed by atoms with Crippen LogP contribution in [0.2, 0.25) is 0 Å². The van der Waals surface area contributed by atoms with Gasteiger partial charge < -0.3 is 14.4 Å². The standard InChI is InChI=1S/C28H33NO3/c1-20(30)29(16-14-23-8-4-6-21-10-12-25(31-2)18-27(21)23)17-15-24-9-5-7-22-11-13-26(32-3)19-28(22)24/h8-13,18-19H,4-7,14-17H2,1-3H3. The van der Waals surface area contributed by atoms with Crippen LogP contribution in [0.25, 0.3) is 11.1 Å². The number of allylic oxidation sites excluding steroid dienone is 2. The van der Waals surface area contributed by atoms with Crippen molar-refractivity contribution in [2.45, 2.75) is 45.4 Å². The molecule has 0 aromatic heterocycles. The van der Waals surface area contributed by atoms with Crippen molar-refractivity contribution in [3.8, 4) is 11.5 Å². The van der Waals surface area contributed by atoms with Crippen LogP contribution in [-0.2, 0) is 17.6 Å². The molecule has 1 amide bonds. The number of aryl methyl sites for hydroxylation is 2. The first kappa shape index (κ1) is 22.2. The number of fused-ring (bicyclic) bond motifs is 2. The molecule has 0 radical (unpaired) electrons. The Bertz CT molecular complexity index is 973. The van der Waals surface area contributed by atoms with Crippen LogP contribution in [0.5, 0.6) is 11.5 Å². The van der Waals surface area contributed by atoms with Crippen LogP contribution in [0, 0.1) is 0 Å². The molecule has 168 valence electrons. The summed E-state index contributed by atoms with van der Waals surface area (Å²) in [4.78, 5) is 14.4. The average molecular weight is 432 g/mol. The summed E-state index contributed by atoms with van der Waals surface area (Å²) in [7, 11) is 3.41. The molecule has 2 aliphatic carbocycles. The fraction of sp³-hybridized carbons (Fsp3) is 0.393. The SMILES string of the molecule is COc1ccc2c(c1)C(CCN(CCC1=CCCc3ccc(OC)cc31)C(C)=O)=CCC2. The van der Waals surface area contributed by atoms with E-state index >= 15 is 0 Å². The molecule has 2 aromatic carbocycles. The van der Waals surface area contributed by atoms with E-state index in [2.05, 4.69) is 36.4 Å². The molecule has 0 saturated carbocycles. The number of ether oxygens (including phenoxy) is 2. The summed E-state index contributed by atoms with van der Waals surface area (Å²) in [6, 6.07) is 12.7. The van der Waals surface area contributed by atoms with Crippen LogP contribution < -0.4 is 9.47 Å². The predicted molar refractivity (Wildman–Crippen MR) is 130 cm³/mol. The van der Waals surface area contributed by atoms with E-state index in [1.165, 1.54) is 33.4 Å². The summed E-state index contributed by atoms with van der Waals surface area (Å²) in [5.74, 6) is 1.91. The first-order valence-corrected chi connectivity index (χ1v) is 11.6. The molecule has 0 aliphatic heterocycles. The van der Waals surface area contributed by atoms with Crippen LogP contribution in [0.4, 0.5) is 0 Å². The largest absolute Gasteiger partial charge is 0.497 e. The van der Waals surface area contributed by atoms with Crippen LogP contribution >= 0.6 is 0 Å². The quantitative estimate of drug-likeness (QED) is 0.539. The lowest BCUT2D eigenvalue weighted by molar-refractivity contribution is -0.128. The second-order valence-electron chi connectivity index (χ2n) is 8.59. The summed E-state index contributed by atoms with van der Waals surface area (Å²) in [6.45, 7) is 3.14. The normalized spacial score (nSPS) is 14.6. The third-order valence-electron chi connectivity index (χ3n) is 6.68. The summed E-state index contributed by atoms with van der Waals surface area (Å²) in [5, 5.41) is 0. The zero-order valence-corrected chi connectivity index (χ0v) is 19.4. The molecule has 0 saturated heterocycles. The first-order valence-electron chi connectivity index (χ1n) is 11.6. The number of hydrogen-bond acceptors (Lipinski definition) is 3. The maximum Gasteiger partial charge on any atom is 0.219 e. The number of carbonyl (C=O) groups is 1. The van der Waals surface area contributed by atoms with Crippen LogP contribution in [0.1, 0.15) is 54.9 Å². The van der Waals surface area contributed by atoms with Gasteiger partial charge in [-0.2, -0.15) is 0 Å². The van der Waals surface area contributed by atoms with Gasteiger partial charge in [0.25, 0.3) is 0 Å². The number of nitrogens with zero attached hydrogens (tertiary/aromatic N) is 1. The van der Waals surface area contributed by atoms with Gasteiger partial charge in [0.15, 0.2) is 0 Å². The number of benzene rings is 2. The molecule has 4 heteroatoms. The third kappa shape index (κ3) is 4.90. The number of carbonyl (C=O) groups excluding carboxylic acids is 1. The Kier molecular flexibility index (Phi) is 6.99. The van der Waals surface area contributed by atoms with Crippen molar-refractivity contribution in [2.75, 3.05) is 27.3 Å². The Morgan fingerprint density at radius 3 is 1.69 bits per heavy atom. The Morgan fingerprint density at radius 2 is 1.28 bits per heavy atom. The summed E-state index contributed by atoms with van der Waals surface area (Å²) in [5.41, 5.74) is 7.93. The topological polar surface area (TPSA) is 38.8 Å². The molecule has 0 unspecified atom stereocenters. The van der Waals surface area contributed by atoms with Gasteiger partial charge in [0.1, 0.15) is 11.5 Å². The highest BCUT2D eigenvalue weighted by Crippen LogP contribution is 2.33. The molecule has 4 rings (SSSR count).